The van der Waals surface area contributed by atoms with Crippen molar-refractivity contribution in [3.63, 3.8) is 0 Å². The van der Waals surface area contributed by atoms with Crippen molar-refractivity contribution in [3.05, 3.63) is 23.4 Å². The number of aryl methyl sites for hydroxylation is 1. The fraction of sp³-hybridized carbons (Fsp3) is 0.571. The third-order valence-corrected chi connectivity index (χ3v) is 3.72. The number of aromatic nitrogens is 1. The molecule has 0 aliphatic carbocycles. The maximum Gasteiger partial charge on any atom is 0.173 e. The molecule has 1 aromatic heterocycles. The van der Waals surface area contributed by atoms with Crippen molar-refractivity contribution in [1.29, 1.82) is 0 Å². The van der Waals surface area contributed by atoms with Crippen molar-refractivity contribution in [2.75, 3.05) is 11.4 Å². The molecule has 0 aromatic carbocycles. The van der Waals surface area contributed by atoms with Crippen LogP contribution in [0.3, 0.4) is 0 Å². The predicted octanol–water partition coefficient (Wildman–Crippen LogP) is 2.25. The summed E-state index contributed by atoms with van der Waals surface area (Å²) < 4.78 is 0. The molecule has 1 saturated heterocycles. The number of amidine groups is 1. The first-order valence-electron chi connectivity index (χ1n) is 6.85. The van der Waals surface area contributed by atoms with E-state index in [4.69, 9.17) is 10.9 Å². The maximum atomic E-state index is 8.92. The Hall–Kier alpha value is -1.78. The Balaban J connectivity index is 2.43. The molecule has 19 heavy (non-hydrogen) atoms. The summed E-state index contributed by atoms with van der Waals surface area (Å²) in [6, 6.07) is 4.20. The Bertz CT molecular complexity index is 473. The van der Waals surface area contributed by atoms with Crippen molar-refractivity contribution < 1.29 is 5.21 Å². The third kappa shape index (κ3) is 2.97. The smallest absolute Gasteiger partial charge is 0.173 e. The fourth-order valence-corrected chi connectivity index (χ4v) is 2.61. The van der Waals surface area contributed by atoms with Gasteiger partial charge in [-0.05, 0) is 38.8 Å². The molecule has 2 heterocycles. The Labute approximate surface area is 114 Å². The SMILES string of the molecule is Cc1ccc(C(N)=NO)c(N2CCCCCC2C)n1. The molecule has 3 N–H and O–H groups in total. The van der Waals surface area contributed by atoms with Crippen LogP contribution in [0.4, 0.5) is 5.82 Å². The van der Waals surface area contributed by atoms with Crippen LogP contribution in [0, 0.1) is 6.92 Å². The van der Waals surface area contributed by atoms with Crippen molar-refractivity contribution in [3.8, 4) is 0 Å². The number of hydrogen-bond donors (Lipinski definition) is 2. The fourth-order valence-electron chi connectivity index (χ4n) is 2.61. The van der Waals surface area contributed by atoms with E-state index >= 15 is 0 Å². The normalized spacial score (nSPS) is 21.3. The van der Waals surface area contributed by atoms with Crippen LogP contribution in [-0.2, 0) is 0 Å². The third-order valence-electron chi connectivity index (χ3n) is 3.72. The van der Waals surface area contributed by atoms with Gasteiger partial charge in [0.25, 0.3) is 0 Å². The first-order valence-corrected chi connectivity index (χ1v) is 6.85. The van der Waals surface area contributed by atoms with Crippen LogP contribution in [0.15, 0.2) is 17.3 Å². The predicted molar refractivity (Wildman–Crippen MR) is 76.8 cm³/mol. The Morgan fingerprint density at radius 3 is 2.95 bits per heavy atom. The number of hydrogen-bond acceptors (Lipinski definition) is 4. The lowest BCUT2D eigenvalue weighted by molar-refractivity contribution is 0.318. The quantitative estimate of drug-likeness (QED) is 0.371. The Kier molecular flexibility index (Phi) is 4.24. The number of nitrogens with two attached hydrogens (primary N) is 1. The lowest BCUT2D eigenvalue weighted by Crippen LogP contribution is -2.35. The second kappa shape index (κ2) is 5.91. The summed E-state index contributed by atoms with van der Waals surface area (Å²) in [7, 11) is 0. The molecule has 0 bridgehead atoms. The van der Waals surface area contributed by atoms with Gasteiger partial charge in [0.2, 0.25) is 0 Å². The minimum Gasteiger partial charge on any atom is -0.409 e. The van der Waals surface area contributed by atoms with Gasteiger partial charge >= 0.3 is 0 Å². The number of anilines is 1. The van der Waals surface area contributed by atoms with Crippen LogP contribution in [-0.4, -0.2) is 28.6 Å². The number of nitrogens with zero attached hydrogens (tertiary/aromatic N) is 3. The molecule has 2 rings (SSSR count). The highest BCUT2D eigenvalue weighted by molar-refractivity contribution is 6.01. The van der Waals surface area contributed by atoms with Gasteiger partial charge in [-0.1, -0.05) is 18.0 Å². The largest absolute Gasteiger partial charge is 0.409 e. The number of oxime groups is 1. The summed E-state index contributed by atoms with van der Waals surface area (Å²) in [5.41, 5.74) is 7.43. The second-order valence-electron chi connectivity index (χ2n) is 5.20. The summed E-state index contributed by atoms with van der Waals surface area (Å²) in [6.45, 7) is 5.15. The molecule has 1 fully saturated rings. The summed E-state index contributed by atoms with van der Waals surface area (Å²) in [5.74, 6) is 0.962. The van der Waals surface area contributed by atoms with E-state index in [1.165, 1.54) is 12.8 Å². The zero-order valence-electron chi connectivity index (χ0n) is 11.6. The molecule has 5 nitrogen and oxygen atoms in total. The van der Waals surface area contributed by atoms with Crippen LogP contribution >= 0.6 is 0 Å². The molecule has 1 atom stereocenters. The van der Waals surface area contributed by atoms with Crippen molar-refractivity contribution in [2.24, 2.45) is 10.9 Å². The van der Waals surface area contributed by atoms with Gasteiger partial charge in [-0.3, -0.25) is 0 Å². The minimum atomic E-state index is 0.124. The van der Waals surface area contributed by atoms with Gasteiger partial charge in [0.05, 0.1) is 5.56 Å². The highest BCUT2D eigenvalue weighted by Crippen LogP contribution is 2.26. The summed E-state index contributed by atoms with van der Waals surface area (Å²) >= 11 is 0. The van der Waals surface area contributed by atoms with Crippen LogP contribution in [0.2, 0.25) is 0 Å². The molecule has 0 amide bonds. The van der Waals surface area contributed by atoms with E-state index in [-0.39, 0.29) is 5.84 Å². The zero-order chi connectivity index (χ0) is 13.8. The molecule has 0 radical (unpaired) electrons. The highest BCUT2D eigenvalue weighted by atomic mass is 16.4. The van der Waals surface area contributed by atoms with Crippen LogP contribution in [0.25, 0.3) is 0 Å². The monoisotopic (exact) mass is 262 g/mol. The van der Waals surface area contributed by atoms with Gasteiger partial charge in [0.1, 0.15) is 5.82 Å². The molecule has 1 aliphatic rings. The van der Waals surface area contributed by atoms with E-state index < -0.39 is 0 Å². The van der Waals surface area contributed by atoms with Gasteiger partial charge in [0, 0.05) is 18.3 Å². The number of pyridine rings is 1. The molecular formula is C14H22N4O. The summed E-state index contributed by atoms with van der Waals surface area (Å²) in [6.07, 6.45) is 4.83. The summed E-state index contributed by atoms with van der Waals surface area (Å²) in [5, 5.41) is 12.0. The van der Waals surface area contributed by atoms with E-state index in [1.807, 2.05) is 19.1 Å². The van der Waals surface area contributed by atoms with E-state index in [2.05, 4.69) is 22.0 Å². The van der Waals surface area contributed by atoms with E-state index in [0.29, 0.717) is 11.6 Å². The standard InChI is InChI=1S/C14H22N4O/c1-10-7-8-12(13(15)17-19)14(16-10)18-9-5-3-4-6-11(18)2/h7-8,11,19H,3-6,9H2,1-2H3,(H2,15,17). The van der Waals surface area contributed by atoms with Gasteiger partial charge in [-0.2, -0.15) is 0 Å². The van der Waals surface area contributed by atoms with Gasteiger partial charge in [-0.15, -0.1) is 0 Å². The molecule has 5 heteroatoms. The van der Waals surface area contributed by atoms with Gasteiger partial charge < -0.3 is 15.8 Å². The molecule has 0 spiro atoms. The zero-order valence-corrected chi connectivity index (χ0v) is 11.6. The molecule has 1 unspecified atom stereocenters. The van der Waals surface area contributed by atoms with E-state index in [9.17, 15) is 0 Å². The molecule has 104 valence electrons. The minimum absolute atomic E-state index is 0.124. The number of rotatable bonds is 2. The first kappa shape index (κ1) is 13.6. The van der Waals surface area contributed by atoms with E-state index in [1.54, 1.807) is 0 Å². The first-order chi connectivity index (χ1) is 9.13. The summed E-state index contributed by atoms with van der Waals surface area (Å²) in [4.78, 5) is 6.90. The van der Waals surface area contributed by atoms with Crippen LogP contribution in [0.1, 0.15) is 43.9 Å². The Morgan fingerprint density at radius 2 is 2.21 bits per heavy atom. The van der Waals surface area contributed by atoms with Crippen LogP contribution in [0.5, 0.6) is 0 Å². The van der Waals surface area contributed by atoms with Crippen molar-refractivity contribution in [2.45, 2.75) is 45.6 Å². The molecule has 0 saturated carbocycles. The van der Waals surface area contributed by atoms with Gasteiger partial charge in [-0.25, -0.2) is 4.98 Å². The highest BCUT2D eigenvalue weighted by Gasteiger charge is 2.22. The van der Waals surface area contributed by atoms with Crippen molar-refractivity contribution >= 4 is 11.7 Å². The Morgan fingerprint density at radius 1 is 1.42 bits per heavy atom. The lowest BCUT2D eigenvalue weighted by Gasteiger charge is -2.30. The average Bonchev–Trinajstić information content (AvgIpc) is 2.62. The lowest BCUT2D eigenvalue weighted by atomic mass is 10.1. The van der Waals surface area contributed by atoms with Crippen molar-refractivity contribution in [1.82, 2.24) is 4.98 Å². The van der Waals surface area contributed by atoms with E-state index in [0.717, 1.165) is 30.9 Å². The topological polar surface area (TPSA) is 74.7 Å². The maximum absolute atomic E-state index is 8.92. The average molecular weight is 262 g/mol. The van der Waals surface area contributed by atoms with Crippen LogP contribution < -0.4 is 10.6 Å². The second-order valence-corrected chi connectivity index (χ2v) is 5.20. The molecule has 1 aliphatic heterocycles. The van der Waals surface area contributed by atoms with Gasteiger partial charge in [0.15, 0.2) is 5.84 Å². The molecule has 1 aromatic rings. The molecular weight excluding hydrogens is 240 g/mol.